The third-order valence-corrected chi connectivity index (χ3v) is 5.35. The lowest BCUT2D eigenvalue weighted by Gasteiger charge is -2.17. The van der Waals surface area contributed by atoms with Crippen molar-refractivity contribution in [2.75, 3.05) is 6.61 Å². The van der Waals surface area contributed by atoms with E-state index >= 15 is 0 Å². The number of aryl methyl sites for hydroxylation is 2. The molecule has 29 heavy (non-hydrogen) atoms. The molecule has 6 heteroatoms. The first-order valence-corrected chi connectivity index (χ1v) is 10.3. The molecule has 0 heterocycles. The number of carboxylic acid groups (broad SMARTS) is 1. The monoisotopic (exact) mass is 474 g/mol. The molecule has 3 aromatic rings. The van der Waals surface area contributed by atoms with Crippen LogP contribution in [0.25, 0.3) is 0 Å². The fraction of sp³-hybridized carbons (Fsp3) is 0.174. The quantitative estimate of drug-likeness (QED) is 0.439. The minimum Gasteiger partial charge on any atom is -0.489 e. The van der Waals surface area contributed by atoms with Crippen LogP contribution in [0.4, 0.5) is 0 Å². The van der Waals surface area contributed by atoms with Gasteiger partial charge in [0, 0.05) is 5.02 Å². The van der Waals surface area contributed by atoms with E-state index in [0.29, 0.717) is 23.6 Å². The van der Waals surface area contributed by atoms with E-state index in [9.17, 15) is 9.90 Å². The molecule has 150 valence electrons. The third-order valence-electron chi connectivity index (χ3n) is 4.54. The van der Waals surface area contributed by atoms with Crippen molar-refractivity contribution in [3.8, 4) is 5.75 Å². The number of carboxylic acids is 1. The summed E-state index contributed by atoms with van der Waals surface area (Å²) in [6.07, 6.45) is 0.613. The van der Waals surface area contributed by atoms with Gasteiger partial charge in [0.1, 0.15) is 18.5 Å². The van der Waals surface area contributed by atoms with Crippen LogP contribution in [0.1, 0.15) is 33.2 Å². The lowest BCUT2D eigenvalue weighted by molar-refractivity contribution is 0.0697. The molecule has 1 unspecified atom stereocenters. The number of aliphatic hydroxyl groups excluding tert-OH is 1. The van der Waals surface area contributed by atoms with Crippen LogP contribution in [0.5, 0.6) is 5.75 Å². The fourth-order valence-corrected chi connectivity index (χ4v) is 3.98. The first-order chi connectivity index (χ1) is 13.9. The van der Waals surface area contributed by atoms with Gasteiger partial charge in [-0.15, -0.1) is 0 Å². The van der Waals surface area contributed by atoms with Crippen LogP contribution in [0.2, 0.25) is 5.02 Å². The maximum atomic E-state index is 11.0. The Morgan fingerprint density at radius 2 is 1.72 bits per heavy atom. The van der Waals surface area contributed by atoms with Gasteiger partial charge >= 0.3 is 5.97 Å². The lowest BCUT2D eigenvalue weighted by atomic mass is 10.0. The van der Waals surface area contributed by atoms with Gasteiger partial charge in [0.15, 0.2) is 0 Å². The molecule has 3 rings (SSSR count). The van der Waals surface area contributed by atoms with Gasteiger partial charge in [0.25, 0.3) is 0 Å². The Hall–Kier alpha value is -2.34. The van der Waals surface area contributed by atoms with Crippen LogP contribution in [-0.4, -0.2) is 22.8 Å². The maximum absolute atomic E-state index is 11.0. The smallest absolute Gasteiger partial charge is 0.335 e. The van der Waals surface area contributed by atoms with Crippen molar-refractivity contribution in [3.63, 3.8) is 0 Å². The number of aliphatic hydroxyl groups is 1. The molecular formula is C23H20BrClO4. The van der Waals surface area contributed by atoms with Crippen molar-refractivity contribution in [2.45, 2.75) is 18.9 Å². The topological polar surface area (TPSA) is 66.8 Å². The van der Waals surface area contributed by atoms with Gasteiger partial charge in [-0.1, -0.05) is 54.1 Å². The molecule has 0 saturated heterocycles. The number of rotatable bonds is 8. The van der Waals surface area contributed by atoms with Crippen LogP contribution in [0.3, 0.4) is 0 Å². The van der Waals surface area contributed by atoms with Crippen LogP contribution in [-0.2, 0) is 12.8 Å². The van der Waals surface area contributed by atoms with Gasteiger partial charge in [0.2, 0.25) is 0 Å². The van der Waals surface area contributed by atoms with Gasteiger partial charge in [-0.3, -0.25) is 0 Å². The number of aromatic carboxylic acids is 1. The van der Waals surface area contributed by atoms with Crippen molar-refractivity contribution in [1.82, 2.24) is 0 Å². The summed E-state index contributed by atoms with van der Waals surface area (Å²) in [6.45, 7) is 0.116. The molecule has 0 aliphatic rings. The maximum Gasteiger partial charge on any atom is 0.335 e. The van der Waals surface area contributed by atoms with E-state index in [1.165, 1.54) is 0 Å². The predicted molar refractivity (Wildman–Crippen MR) is 117 cm³/mol. The highest BCUT2D eigenvalue weighted by Gasteiger charge is 2.14. The highest BCUT2D eigenvalue weighted by molar-refractivity contribution is 9.10. The molecule has 4 nitrogen and oxygen atoms in total. The van der Waals surface area contributed by atoms with Crippen LogP contribution < -0.4 is 4.74 Å². The molecule has 0 radical (unpaired) electrons. The number of carbonyl (C=O) groups is 1. The predicted octanol–water partition coefficient (Wildman–Crippen LogP) is 5.70. The Bertz CT molecular complexity index is 974. The number of benzene rings is 3. The average molecular weight is 476 g/mol. The molecule has 3 aromatic carbocycles. The lowest BCUT2D eigenvalue weighted by Crippen LogP contribution is -2.11. The van der Waals surface area contributed by atoms with E-state index in [1.54, 1.807) is 18.2 Å². The van der Waals surface area contributed by atoms with Crippen LogP contribution >= 0.6 is 27.5 Å². The molecule has 0 aliphatic carbocycles. The van der Waals surface area contributed by atoms with Crippen molar-refractivity contribution >= 4 is 33.5 Å². The van der Waals surface area contributed by atoms with Gasteiger partial charge in [-0.05, 0) is 69.7 Å². The zero-order valence-corrected chi connectivity index (χ0v) is 17.9. The number of hydrogen-bond donors (Lipinski definition) is 2. The summed E-state index contributed by atoms with van der Waals surface area (Å²) in [5.74, 6) is -0.297. The van der Waals surface area contributed by atoms with Crippen molar-refractivity contribution in [3.05, 3.63) is 98.5 Å². The van der Waals surface area contributed by atoms with E-state index in [1.807, 2.05) is 48.5 Å². The van der Waals surface area contributed by atoms with E-state index in [-0.39, 0.29) is 12.2 Å². The minimum atomic E-state index is -0.942. The zero-order chi connectivity index (χ0) is 20.8. The summed E-state index contributed by atoms with van der Waals surface area (Å²) in [4.78, 5) is 11.0. The van der Waals surface area contributed by atoms with Gasteiger partial charge in [-0.25, -0.2) is 4.79 Å². The number of halogens is 2. The summed E-state index contributed by atoms with van der Waals surface area (Å²) >= 11 is 9.72. The fourth-order valence-electron chi connectivity index (χ4n) is 2.99. The molecule has 0 fully saturated rings. The minimum absolute atomic E-state index is 0.116. The molecule has 0 saturated carbocycles. The number of hydrogen-bond acceptors (Lipinski definition) is 3. The molecule has 0 spiro atoms. The summed E-state index contributed by atoms with van der Waals surface area (Å²) in [6, 6.07) is 19.8. The second-order valence-electron chi connectivity index (χ2n) is 6.62. The van der Waals surface area contributed by atoms with Gasteiger partial charge < -0.3 is 14.9 Å². The zero-order valence-electron chi connectivity index (χ0n) is 15.5. The summed E-state index contributed by atoms with van der Waals surface area (Å²) in [5, 5.41) is 20.0. The molecule has 0 bridgehead atoms. The SMILES string of the molecule is O=C(O)c1ccc(CCc2cc(Cl)cc(Br)c2OCC(O)c2ccccc2)cc1. The van der Waals surface area contributed by atoms with Crippen LogP contribution in [0, 0.1) is 0 Å². The van der Waals surface area contributed by atoms with Crippen molar-refractivity contribution in [1.29, 1.82) is 0 Å². The molecule has 2 N–H and O–H groups in total. The Balaban J connectivity index is 1.72. The Morgan fingerprint density at radius 1 is 1.03 bits per heavy atom. The second-order valence-corrected chi connectivity index (χ2v) is 7.91. The van der Waals surface area contributed by atoms with Gasteiger partial charge in [-0.2, -0.15) is 0 Å². The van der Waals surface area contributed by atoms with E-state index < -0.39 is 12.1 Å². The summed E-state index contributed by atoms with van der Waals surface area (Å²) in [7, 11) is 0. The highest BCUT2D eigenvalue weighted by Crippen LogP contribution is 2.34. The average Bonchev–Trinajstić information content (AvgIpc) is 2.72. The van der Waals surface area contributed by atoms with E-state index in [4.69, 9.17) is 21.4 Å². The molecule has 0 amide bonds. The van der Waals surface area contributed by atoms with Gasteiger partial charge in [0.05, 0.1) is 10.0 Å². The molecule has 1 atom stereocenters. The Labute approximate surface area is 182 Å². The van der Waals surface area contributed by atoms with Crippen LogP contribution in [0.15, 0.2) is 71.2 Å². The van der Waals surface area contributed by atoms with Crippen molar-refractivity contribution < 1.29 is 19.7 Å². The second kappa shape index (κ2) is 9.92. The normalized spacial score (nSPS) is 11.8. The first-order valence-electron chi connectivity index (χ1n) is 9.10. The largest absolute Gasteiger partial charge is 0.489 e. The highest BCUT2D eigenvalue weighted by atomic mass is 79.9. The standard InChI is InChI=1S/C23H20BrClO4/c24-20-13-19(25)12-18(11-8-15-6-9-17(10-7-15)23(27)28)22(20)29-14-21(26)16-4-2-1-3-5-16/h1-7,9-10,12-13,21,26H,8,11,14H2,(H,27,28). The van der Waals surface area contributed by atoms with E-state index in [0.717, 1.165) is 21.2 Å². The Kier molecular flexibility index (Phi) is 7.31. The summed E-state index contributed by atoms with van der Waals surface area (Å²) in [5.41, 5.74) is 2.98. The summed E-state index contributed by atoms with van der Waals surface area (Å²) < 4.78 is 6.67. The van der Waals surface area contributed by atoms with E-state index in [2.05, 4.69) is 15.9 Å². The third kappa shape index (κ3) is 5.82. The first kappa shape index (κ1) is 21.4. The molecule has 0 aromatic heterocycles. The number of ether oxygens (including phenoxy) is 1. The molecular weight excluding hydrogens is 456 g/mol. The Morgan fingerprint density at radius 3 is 2.38 bits per heavy atom. The molecule has 0 aliphatic heterocycles. The van der Waals surface area contributed by atoms with Crippen molar-refractivity contribution in [2.24, 2.45) is 0 Å².